The van der Waals surface area contributed by atoms with Crippen molar-refractivity contribution >= 4 is 11.7 Å². The number of hydrogen-bond donors (Lipinski definition) is 1. The highest BCUT2D eigenvalue weighted by molar-refractivity contribution is 5.75. The van der Waals surface area contributed by atoms with Crippen molar-refractivity contribution in [2.24, 2.45) is 11.8 Å². The van der Waals surface area contributed by atoms with E-state index in [0.29, 0.717) is 36.4 Å². The average molecular weight is 327 g/mol. The van der Waals surface area contributed by atoms with Gasteiger partial charge in [-0.1, -0.05) is 19.1 Å². The van der Waals surface area contributed by atoms with Crippen LogP contribution in [0.5, 0.6) is 5.75 Å². The molecule has 1 aliphatic rings. The van der Waals surface area contributed by atoms with Crippen molar-refractivity contribution in [3.8, 4) is 17.1 Å². The Bertz CT molecular complexity index is 697. The Labute approximate surface area is 141 Å². The Kier molecular flexibility index (Phi) is 5.05. The molecule has 1 fully saturated rings. The zero-order chi connectivity index (χ0) is 16.9. The van der Waals surface area contributed by atoms with Crippen LogP contribution < -0.4 is 10.5 Å². The van der Waals surface area contributed by atoms with Crippen molar-refractivity contribution in [2.45, 2.75) is 19.8 Å². The number of esters is 1. The van der Waals surface area contributed by atoms with E-state index in [1.807, 2.05) is 19.1 Å². The summed E-state index contributed by atoms with van der Waals surface area (Å²) in [5.41, 5.74) is 6.88. The van der Waals surface area contributed by atoms with Crippen LogP contribution in [0.3, 0.4) is 0 Å². The van der Waals surface area contributed by atoms with Crippen molar-refractivity contribution in [3.63, 3.8) is 0 Å². The molecule has 1 aromatic carbocycles. The summed E-state index contributed by atoms with van der Waals surface area (Å²) in [5.74, 6) is 0.994. The van der Waals surface area contributed by atoms with Crippen molar-refractivity contribution < 1.29 is 14.3 Å². The number of nitrogen functional groups attached to an aromatic ring is 1. The van der Waals surface area contributed by atoms with Gasteiger partial charge >= 0.3 is 5.97 Å². The van der Waals surface area contributed by atoms with Crippen LogP contribution in [0.1, 0.15) is 19.8 Å². The van der Waals surface area contributed by atoms with Gasteiger partial charge in [0.15, 0.2) is 5.82 Å². The minimum Gasteiger partial charge on any atom is -0.426 e. The molecule has 1 aliphatic heterocycles. The number of hydrogen-bond acceptors (Lipinski definition) is 6. The van der Waals surface area contributed by atoms with Gasteiger partial charge in [0, 0.05) is 18.8 Å². The Morgan fingerprint density at radius 2 is 2.00 bits per heavy atom. The first-order valence-corrected chi connectivity index (χ1v) is 8.11. The lowest BCUT2D eigenvalue weighted by Crippen LogP contribution is -2.29. The van der Waals surface area contributed by atoms with E-state index in [9.17, 15) is 4.79 Å². The number of ether oxygens (including phenoxy) is 2. The Morgan fingerprint density at radius 3 is 2.71 bits per heavy atom. The van der Waals surface area contributed by atoms with Crippen molar-refractivity contribution in [2.75, 3.05) is 18.9 Å². The van der Waals surface area contributed by atoms with Gasteiger partial charge in [-0.15, -0.1) is 0 Å². The zero-order valence-electron chi connectivity index (χ0n) is 13.6. The normalized spacial score (nSPS) is 16.5. The van der Waals surface area contributed by atoms with Crippen LogP contribution in [-0.2, 0) is 9.53 Å². The van der Waals surface area contributed by atoms with E-state index in [2.05, 4.69) is 9.97 Å². The van der Waals surface area contributed by atoms with Gasteiger partial charge < -0.3 is 15.2 Å². The standard InChI is InChI=1S/C18H21N3O3/c1-12(13-5-7-23-8-6-13)18(22)24-16-4-2-3-14(9-16)17-20-10-15(19)11-21-17/h2-4,9-13H,5-8,19H2,1H3/t12-/m0/s1. The number of benzene rings is 1. The highest BCUT2D eigenvalue weighted by atomic mass is 16.5. The maximum Gasteiger partial charge on any atom is 0.314 e. The second-order valence-corrected chi connectivity index (χ2v) is 6.03. The minimum atomic E-state index is -0.211. The summed E-state index contributed by atoms with van der Waals surface area (Å²) in [6.45, 7) is 3.35. The number of carbonyl (C=O) groups excluding carboxylic acids is 1. The highest BCUT2D eigenvalue weighted by Gasteiger charge is 2.27. The molecule has 0 amide bonds. The Hall–Kier alpha value is -2.47. The molecule has 1 atom stereocenters. The second kappa shape index (κ2) is 7.40. The van der Waals surface area contributed by atoms with Crippen LogP contribution in [0.25, 0.3) is 11.4 Å². The SMILES string of the molecule is C[C@H](C(=O)Oc1cccc(-c2ncc(N)cn2)c1)C1CCOCC1. The number of nitrogens with zero attached hydrogens (tertiary/aromatic N) is 2. The fourth-order valence-electron chi connectivity index (χ4n) is 2.80. The molecule has 1 saturated heterocycles. The smallest absolute Gasteiger partial charge is 0.314 e. The predicted molar refractivity (Wildman–Crippen MR) is 90.2 cm³/mol. The zero-order valence-corrected chi connectivity index (χ0v) is 13.6. The fraction of sp³-hybridized carbons (Fsp3) is 0.389. The number of carbonyl (C=O) groups is 1. The lowest BCUT2D eigenvalue weighted by atomic mass is 9.87. The topological polar surface area (TPSA) is 87.3 Å². The van der Waals surface area contributed by atoms with Gasteiger partial charge in [0.05, 0.1) is 24.0 Å². The largest absolute Gasteiger partial charge is 0.426 e. The van der Waals surface area contributed by atoms with Crippen molar-refractivity contribution in [3.05, 3.63) is 36.7 Å². The first kappa shape index (κ1) is 16.4. The van der Waals surface area contributed by atoms with Gasteiger partial charge in [0.2, 0.25) is 0 Å². The average Bonchev–Trinajstić information content (AvgIpc) is 2.62. The maximum atomic E-state index is 12.4. The van der Waals surface area contributed by atoms with Crippen LogP contribution in [0, 0.1) is 11.8 Å². The monoisotopic (exact) mass is 327 g/mol. The second-order valence-electron chi connectivity index (χ2n) is 6.03. The van der Waals surface area contributed by atoms with Gasteiger partial charge in [-0.3, -0.25) is 4.79 Å². The molecule has 2 heterocycles. The summed E-state index contributed by atoms with van der Waals surface area (Å²) in [5, 5.41) is 0. The lowest BCUT2D eigenvalue weighted by molar-refractivity contribution is -0.141. The molecule has 1 aromatic heterocycles. The quantitative estimate of drug-likeness (QED) is 0.686. The van der Waals surface area contributed by atoms with E-state index in [0.717, 1.165) is 18.4 Å². The predicted octanol–water partition coefficient (Wildman–Crippen LogP) is 2.69. The Balaban J connectivity index is 1.69. The van der Waals surface area contributed by atoms with Gasteiger partial charge in [0.25, 0.3) is 0 Å². The molecule has 24 heavy (non-hydrogen) atoms. The van der Waals surface area contributed by atoms with Gasteiger partial charge in [-0.2, -0.15) is 0 Å². The van der Waals surface area contributed by atoms with Crippen LogP contribution in [0.4, 0.5) is 5.69 Å². The van der Waals surface area contributed by atoms with Gasteiger partial charge in [-0.25, -0.2) is 9.97 Å². The number of aromatic nitrogens is 2. The molecule has 6 heteroatoms. The molecule has 0 saturated carbocycles. The molecule has 0 aliphatic carbocycles. The minimum absolute atomic E-state index is 0.148. The van der Waals surface area contributed by atoms with Crippen LogP contribution in [-0.4, -0.2) is 29.2 Å². The molecule has 3 rings (SSSR count). The lowest BCUT2D eigenvalue weighted by Gasteiger charge is -2.26. The molecule has 2 N–H and O–H groups in total. The summed E-state index contributed by atoms with van der Waals surface area (Å²) in [4.78, 5) is 20.8. The number of nitrogens with two attached hydrogens (primary N) is 1. The van der Waals surface area contributed by atoms with E-state index < -0.39 is 0 Å². The molecule has 0 unspecified atom stereocenters. The summed E-state index contributed by atoms with van der Waals surface area (Å²) in [6.07, 6.45) is 4.90. The van der Waals surface area contributed by atoms with E-state index in [-0.39, 0.29) is 11.9 Å². The van der Waals surface area contributed by atoms with Crippen LogP contribution >= 0.6 is 0 Å². The molecule has 2 aromatic rings. The van der Waals surface area contributed by atoms with E-state index in [4.69, 9.17) is 15.2 Å². The third-order valence-electron chi connectivity index (χ3n) is 4.33. The van der Waals surface area contributed by atoms with Crippen molar-refractivity contribution in [1.82, 2.24) is 9.97 Å². The fourth-order valence-corrected chi connectivity index (χ4v) is 2.80. The van der Waals surface area contributed by atoms with E-state index >= 15 is 0 Å². The molecule has 0 bridgehead atoms. The molecule has 0 spiro atoms. The molecule has 0 radical (unpaired) electrons. The summed E-state index contributed by atoms with van der Waals surface area (Å²) in [6, 6.07) is 7.21. The molecule has 6 nitrogen and oxygen atoms in total. The summed E-state index contributed by atoms with van der Waals surface area (Å²) >= 11 is 0. The number of rotatable bonds is 4. The first-order valence-electron chi connectivity index (χ1n) is 8.11. The Morgan fingerprint density at radius 1 is 1.29 bits per heavy atom. The third kappa shape index (κ3) is 3.89. The van der Waals surface area contributed by atoms with Crippen LogP contribution in [0.15, 0.2) is 36.7 Å². The highest BCUT2D eigenvalue weighted by Crippen LogP contribution is 2.26. The third-order valence-corrected chi connectivity index (χ3v) is 4.33. The maximum absolute atomic E-state index is 12.4. The van der Waals surface area contributed by atoms with Crippen LogP contribution in [0.2, 0.25) is 0 Å². The van der Waals surface area contributed by atoms with Gasteiger partial charge in [0.1, 0.15) is 5.75 Å². The number of anilines is 1. The van der Waals surface area contributed by atoms with E-state index in [1.54, 1.807) is 24.5 Å². The van der Waals surface area contributed by atoms with Crippen molar-refractivity contribution in [1.29, 1.82) is 0 Å². The summed E-state index contributed by atoms with van der Waals surface area (Å²) in [7, 11) is 0. The first-order chi connectivity index (χ1) is 11.6. The van der Waals surface area contributed by atoms with E-state index in [1.165, 1.54) is 0 Å². The molecule has 126 valence electrons. The van der Waals surface area contributed by atoms with Gasteiger partial charge in [-0.05, 0) is 30.9 Å². The molecular formula is C18H21N3O3. The molecular weight excluding hydrogens is 306 g/mol. The summed E-state index contributed by atoms with van der Waals surface area (Å²) < 4.78 is 10.9.